The summed E-state index contributed by atoms with van der Waals surface area (Å²) in [5, 5.41) is 0. The van der Waals surface area contributed by atoms with E-state index in [1.807, 2.05) is 0 Å². The van der Waals surface area contributed by atoms with Gasteiger partial charge in [0.1, 0.15) is 23.4 Å². The molecule has 1 aromatic carbocycles. The highest BCUT2D eigenvalue weighted by Gasteiger charge is 2.87. The number of pyridine rings is 1. The van der Waals surface area contributed by atoms with E-state index in [2.05, 4.69) is 4.98 Å². The van der Waals surface area contributed by atoms with Gasteiger partial charge in [0.25, 0.3) is 0 Å². The number of esters is 6. The fraction of sp³-hybridized carbons (Fsp3) is 0.571. The molecule has 0 N–H and O–H groups in total. The highest BCUT2D eigenvalue weighted by molar-refractivity contribution is 5.97. The lowest BCUT2D eigenvalue weighted by Gasteiger charge is -2.64. The minimum Gasteiger partial charge on any atom is -0.461 e. The van der Waals surface area contributed by atoms with Crippen LogP contribution < -0.4 is 0 Å². The maximum atomic E-state index is 15.8. The Balaban J connectivity index is 1.52. The number of rotatable bonds is 9. The van der Waals surface area contributed by atoms with Gasteiger partial charge < -0.3 is 33.2 Å². The van der Waals surface area contributed by atoms with E-state index in [0.717, 1.165) is 6.92 Å². The maximum Gasteiger partial charge on any atom is 0.340 e. The molecule has 304 valence electrons. The van der Waals surface area contributed by atoms with Crippen molar-refractivity contribution in [3.63, 3.8) is 0 Å². The van der Waals surface area contributed by atoms with E-state index >= 15 is 4.79 Å². The van der Waals surface area contributed by atoms with Crippen molar-refractivity contribution in [1.82, 2.24) is 4.98 Å². The van der Waals surface area contributed by atoms with E-state index in [0.29, 0.717) is 0 Å². The van der Waals surface area contributed by atoms with Gasteiger partial charge in [0.15, 0.2) is 23.6 Å². The van der Waals surface area contributed by atoms with Gasteiger partial charge in [-0.1, -0.05) is 32.0 Å². The van der Waals surface area contributed by atoms with Crippen LogP contribution in [0.2, 0.25) is 0 Å². The number of hydrogen-bond donors (Lipinski definition) is 0. The molecule has 4 aliphatic carbocycles. The fourth-order valence-corrected chi connectivity index (χ4v) is 11.2. The van der Waals surface area contributed by atoms with Crippen LogP contribution >= 0.6 is 0 Å². The van der Waals surface area contributed by atoms with Gasteiger partial charge in [-0.15, -0.1) is 0 Å². The molecule has 15 nitrogen and oxygen atoms in total. The average Bonchev–Trinajstić information content (AvgIpc) is 3.59. The molecule has 1 aliphatic heterocycles. The molecule has 13 unspecified atom stereocenters. The molecule has 2 heterocycles. The zero-order chi connectivity index (χ0) is 41.2. The number of hydrogen-bond acceptors (Lipinski definition) is 15. The van der Waals surface area contributed by atoms with Crippen molar-refractivity contribution in [1.29, 1.82) is 0 Å². The predicted molar refractivity (Wildman–Crippen MR) is 194 cm³/mol. The molecule has 2 aromatic rings. The molecule has 0 amide bonds. The maximum absolute atomic E-state index is 15.8. The standard InChI is InChI=1S/C42H47NO14/c1-8-28(47)53-31-21(2)17-42(57-24(5)46)30(31)35(52-22(3)44)41-20-51-40(7,38(42)55-37(50)26-15-12-16-43-19-26)33(41)29-27(18-39(29,6)56-23(4)45)32(34(41)48)54-36(49)25-13-10-9-11-14-25/h9-16,19,21,27,29-33,35,38H,8,17-18,20H2,1-7H3. The van der Waals surface area contributed by atoms with Crippen molar-refractivity contribution in [2.75, 3.05) is 6.61 Å². The number of ketones is 1. The minimum atomic E-state index is -1.95. The second-order valence-electron chi connectivity index (χ2n) is 16.5. The zero-order valence-electron chi connectivity index (χ0n) is 32.9. The molecular weight excluding hydrogens is 742 g/mol. The molecule has 1 aromatic heterocycles. The van der Waals surface area contributed by atoms with Crippen molar-refractivity contribution in [3.05, 3.63) is 66.0 Å². The van der Waals surface area contributed by atoms with Crippen LogP contribution in [0.1, 0.15) is 88.4 Å². The third kappa shape index (κ3) is 6.20. The van der Waals surface area contributed by atoms with E-state index in [4.69, 9.17) is 33.2 Å². The Morgan fingerprint density at radius 3 is 2.09 bits per heavy atom. The van der Waals surface area contributed by atoms with Crippen LogP contribution in [0.25, 0.3) is 0 Å². The highest BCUT2D eigenvalue weighted by atomic mass is 16.6. The third-order valence-electron chi connectivity index (χ3n) is 12.9. The number of benzene rings is 1. The summed E-state index contributed by atoms with van der Waals surface area (Å²) < 4.78 is 44.3. The lowest BCUT2D eigenvalue weighted by atomic mass is 9.42. The lowest BCUT2D eigenvalue weighted by Crippen LogP contribution is -2.75. The van der Waals surface area contributed by atoms with Crippen molar-refractivity contribution >= 4 is 41.6 Å². The summed E-state index contributed by atoms with van der Waals surface area (Å²) in [7, 11) is 0. The van der Waals surface area contributed by atoms with Crippen molar-refractivity contribution in [2.24, 2.45) is 35.0 Å². The number of carbonyl (C=O) groups excluding carboxylic acids is 7. The molecule has 15 heteroatoms. The van der Waals surface area contributed by atoms with Crippen LogP contribution in [0, 0.1) is 35.0 Å². The van der Waals surface area contributed by atoms with Gasteiger partial charge in [-0.05, 0) is 56.9 Å². The summed E-state index contributed by atoms with van der Waals surface area (Å²) in [6.07, 6.45) is -2.99. The van der Waals surface area contributed by atoms with Crippen molar-refractivity contribution < 1.29 is 66.7 Å². The normalized spacial score (nSPS) is 38.4. The van der Waals surface area contributed by atoms with E-state index in [9.17, 15) is 28.8 Å². The van der Waals surface area contributed by atoms with Crippen LogP contribution in [0.3, 0.4) is 0 Å². The first kappa shape index (κ1) is 40.0. The molecule has 0 spiro atoms. The first-order valence-corrected chi connectivity index (χ1v) is 19.2. The molecular formula is C42H47NO14. The molecule has 7 rings (SSSR count). The summed E-state index contributed by atoms with van der Waals surface area (Å²) >= 11 is 0. The van der Waals surface area contributed by atoms with Crippen LogP contribution in [0.4, 0.5) is 0 Å². The second kappa shape index (κ2) is 14.3. The molecule has 5 fully saturated rings. The predicted octanol–water partition coefficient (Wildman–Crippen LogP) is 3.99. The average molecular weight is 790 g/mol. The largest absolute Gasteiger partial charge is 0.461 e. The van der Waals surface area contributed by atoms with Crippen LogP contribution in [0.5, 0.6) is 0 Å². The Kier molecular flexibility index (Phi) is 10.1. The van der Waals surface area contributed by atoms with E-state index < -0.39 is 124 Å². The fourth-order valence-electron chi connectivity index (χ4n) is 11.2. The van der Waals surface area contributed by atoms with E-state index in [1.54, 1.807) is 64.1 Å². The third-order valence-corrected chi connectivity index (χ3v) is 12.9. The van der Waals surface area contributed by atoms with Gasteiger partial charge in [0.05, 0.1) is 29.1 Å². The van der Waals surface area contributed by atoms with Crippen molar-refractivity contribution in [3.8, 4) is 0 Å². The van der Waals surface area contributed by atoms with E-state index in [1.165, 1.54) is 32.3 Å². The lowest BCUT2D eigenvalue weighted by molar-refractivity contribution is -0.256. The topological polar surface area (TPSA) is 197 Å². The number of aromatic nitrogens is 1. The van der Waals surface area contributed by atoms with Gasteiger partial charge in [-0.25, -0.2) is 9.59 Å². The Morgan fingerprint density at radius 2 is 1.47 bits per heavy atom. The molecule has 5 aliphatic rings. The number of Topliss-reactive ketones (excluding diaryl/α,β-unsaturated/α-hetero) is 1. The first-order valence-electron chi connectivity index (χ1n) is 19.2. The zero-order valence-corrected chi connectivity index (χ0v) is 32.9. The number of nitrogens with zero attached hydrogens (tertiary/aromatic N) is 1. The number of carbonyl (C=O) groups is 7. The summed E-state index contributed by atoms with van der Waals surface area (Å²) in [6, 6.07) is 11.1. The SMILES string of the molecule is CCC(=O)OC1C(C)CC2(OC(C)=O)C1C(OC(C)=O)C13COC(C)(C2OC(=O)c2cccnc2)C1C1C(CC1(C)OC(C)=O)C(OC(=O)c1ccccc1)C3=O. The summed E-state index contributed by atoms with van der Waals surface area (Å²) in [5.41, 5.74) is -6.70. The van der Waals surface area contributed by atoms with Gasteiger partial charge in [-0.3, -0.25) is 29.0 Å². The first-order chi connectivity index (χ1) is 26.9. The smallest absolute Gasteiger partial charge is 0.340 e. The van der Waals surface area contributed by atoms with Gasteiger partial charge in [0.2, 0.25) is 0 Å². The Hall–Kier alpha value is -5.18. The quantitative estimate of drug-likeness (QED) is 0.261. The molecule has 0 radical (unpaired) electrons. The van der Waals surface area contributed by atoms with Gasteiger partial charge >= 0.3 is 35.8 Å². The molecule has 13 atom stereocenters. The monoisotopic (exact) mass is 789 g/mol. The Morgan fingerprint density at radius 1 is 0.807 bits per heavy atom. The highest BCUT2D eigenvalue weighted by Crippen LogP contribution is 2.73. The van der Waals surface area contributed by atoms with Crippen LogP contribution in [-0.4, -0.2) is 94.4 Å². The van der Waals surface area contributed by atoms with Crippen molar-refractivity contribution in [2.45, 2.75) is 109 Å². The molecule has 57 heavy (non-hydrogen) atoms. The summed E-state index contributed by atoms with van der Waals surface area (Å²) in [4.78, 5) is 101. The van der Waals surface area contributed by atoms with Crippen LogP contribution in [0.15, 0.2) is 54.9 Å². The van der Waals surface area contributed by atoms with E-state index in [-0.39, 0.29) is 30.4 Å². The van der Waals surface area contributed by atoms with Gasteiger partial charge in [-0.2, -0.15) is 0 Å². The number of ether oxygens (including phenoxy) is 7. The summed E-state index contributed by atoms with van der Waals surface area (Å²) in [5.74, 6) is -9.80. The Bertz CT molecular complexity index is 1990. The number of fused-ring (bicyclic) bond motifs is 2. The molecule has 2 bridgehead atoms. The Labute approximate surface area is 329 Å². The minimum absolute atomic E-state index is 0.0380. The molecule has 4 saturated carbocycles. The molecule has 1 saturated heterocycles. The van der Waals surface area contributed by atoms with Gasteiger partial charge in [0, 0.05) is 57.3 Å². The second-order valence-corrected chi connectivity index (χ2v) is 16.5. The van der Waals surface area contributed by atoms with Crippen LogP contribution in [-0.2, 0) is 57.1 Å². The summed E-state index contributed by atoms with van der Waals surface area (Å²) in [6.45, 7) is 9.84.